The van der Waals surface area contributed by atoms with Crippen LogP contribution in [0.15, 0.2) is 40.8 Å². The lowest BCUT2D eigenvalue weighted by atomic mass is 10.3. The van der Waals surface area contributed by atoms with E-state index in [4.69, 9.17) is 4.74 Å². The van der Waals surface area contributed by atoms with Crippen LogP contribution in [-0.4, -0.2) is 30.6 Å². The Bertz CT molecular complexity index is 598. The number of hydrogen-bond donors (Lipinski definition) is 2. The number of rotatable bonds is 8. The highest BCUT2D eigenvalue weighted by molar-refractivity contribution is 7.09. The molecule has 2 aromatic rings. The minimum absolute atomic E-state index is 0.539. The average Bonchev–Trinajstić information content (AvgIpc) is 3.07. The first kappa shape index (κ1) is 17.3. The van der Waals surface area contributed by atoms with Gasteiger partial charge in [-0.3, -0.25) is 0 Å². The second-order valence-corrected chi connectivity index (χ2v) is 5.88. The monoisotopic (exact) mass is 332 g/mol. The third-order valence-corrected chi connectivity index (χ3v) is 4.06. The maximum absolute atomic E-state index is 5.54. The Morgan fingerprint density at radius 3 is 2.91 bits per heavy atom. The summed E-state index contributed by atoms with van der Waals surface area (Å²) in [4.78, 5) is 10.3. The van der Waals surface area contributed by atoms with Crippen molar-refractivity contribution in [3.63, 3.8) is 0 Å². The van der Waals surface area contributed by atoms with E-state index >= 15 is 0 Å². The molecule has 5 nitrogen and oxygen atoms in total. The highest BCUT2D eigenvalue weighted by Gasteiger charge is 2.04. The van der Waals surface area contributed by atoms with Crippen molar-refractivity contribution in [2.24, 2.45) is 4.99 Å². The molecule has 6 heteroatoms. The van der Waals surface area contributed by atoms with Crippen molar-refractivity contribution < 1.29 is 4.74 Å². The molecule has 0 aromatic carbocycles. The molecule has 2 N–H and O–H groups in total. The number of aliphatic imine (C=N–C) groups is 1. The Labute approximate surface area is 141 Å². The van der Waals surface area contributed by atoms with Crippen molar-refractivity contribution in [1.82, 2.24) is 15.6 Å². The average molecular weight is 332 g/mol. The predicted octanol–water partition coefficient (Wildman–Crippen LogP) is 2.84. The molecule has 23 heavy (non-hydrogen) atoms. The number of ether oxygens (including phenoxy) is 1. The van der Waals surface area contributed by atoms with Gasteiger partial charge in [-0.15, -0.1) is 11.3 Å². The van der Waals surface area contributed by atoms with Gasteiger partial charge in [-0.05, 0) is 37.8 Å². The lowest BCUT2D eigenvalue weighted by Gasteiger charge is -2.11. The molecule has 0 radical (unpaired) electrons. The van der Waals surface area contributed by atoms with E-state index < -0.39 is 0 Å². The number of nitrogens with one attached hydrogen (secondary N) is 2. The normalized spacial score (nSPS) is 11.3. The van der Waals surface area contributed by atoms with Crippen LogP contribution in [0.1, 0.15) is 24.3 Å². The minimum Gasteiger partial charge on any atom is -0.478 e. The number of nitrogens with zero attached hydrogens (tertiary/aromatic N) is 2. The summed E-state index contributed by atoms with van der Waals surface area (Å²) in [6.07, 6.45) is 2.74. The van der Waals surface area contributed by atoms with E-state index in [0.717, 1.165) is 31.0 Å². The predicted molar refractivity (Wildman–Crippen MR) is 96.2 cm³/mol. The standard InChI is InChI=1S/C17H24N4OS/c1-3-18-17(20-11-9-15-8-6-12-23-15)21-13-14-7-5-10-19-16(14)22-4-2/h5-8,10,12H,3-4,9,11,13H2,1-2H3,(H2,18,20,21). The van der Waals surface area contributed by atoms with Gasteiger partial charge in [0.1, 0.15) is 0 Å². The lowest BCUT2D eigenvalue weighted by Crippen LogP contribution is -2.38. The molecular formula is C17H24N4OS. The summed E-state index contributed by atoms with van der Waals surface area (Å²) in [6, 6.07) is 8.14. The van der Waals surface area contributed by atoms with Crippen molar-refractivity contribution in [2.45, 2.75) is 26.8 Å². The number of aromatic nitrogens is 1. The second kappa shape index (κ2) is 9.84. The first-order chi connectivity index (χ1) is 11.3. The van der Waals surface area contributed by atoms with Crippen molar-refractivity contribution in [1.29, 1.82) is 0 Å². The van der Waals surface area contributed by atoms with Gasteiger partial charge in [-0.1, -0.05) is 12.1 Å². The molecule has 0 fully saturated rings. The van der Waals surface area contributed by atoms with E-state index in [1.807, 2.05) is 19.1 Å². The topological polar surface area (TPSA) is 58.5 Å². The SMILES string of the molecule is CCNC(=NCc1cccnc1OCC)NCCc1cccs1. The van der Waals surface area contributed by atoms with Gasteiger partial charge >= 0.3 is 0 Å². The summed E-state index contributed by atoms with van der Waals surface area (Å²) >= 11 is 1.78. The lowest BCUT2D eigenvalue weighted by molar-refractivity contribution is 0.323. The fourth-order valence-electron chi connectivity index (χ4n) is 2.08. The molecule has 0 saturated heterocycles. The first-order valence-corrected chi connectivity index (χ1v) is 8.82. The summed E-state index contributed by atoms with van der Waals surface area (Å²) < 4.78 is 5.54. The molecule has 2 aromatic heterocycles. The maximum Gasteiger partial charge on any atom is 0.218 e. The van der Waals surface area contributed by atoms with Gasteiger partial charge in [0.15, 0.2) is 5.96 Å². The first-order valence-electron chi connectivity index (χ1n) is 7.94. The third-order valence-electron chi connectivity index (χ3n) is 3.13. The van der Waals surface area contributed by atoms with Crippen molar-refractivity contribution in [2.75, 3.05) is 19.7 Å². The van der Waals surface area contributed by atoms with Gasteiger partial charge in [-0.2, -0.15) is 0 Å². The summed E-state index contributed by atoms with van der Waals surface area (Å²) in [5.74, 6) is 1.48. The summed E-state index contributed by atoms with van der Waals surface area (Å²) in [7, 11) is 0. The maximum atomic E-state index is 5.54. The van der Waals surface area contributed by atoms with Gasteiger partial charge in [0.2, 0.25) is 5.88 Å². The van der Waals surface area contributed by atoms with Crippen LogP contribution in [0.5, 0.6) is 5.88 Å². The molecule has 0 atom stereocenters. The van der Waals surface area contributed by atoms with Gasteiger partial charge in [0, 0.05) is 29.7 Å². The smallest absolute Gasteiger partial charge is 0.218 e. The highest BCUT2D eigenvalue weighted by atomic mass is 32.1. The molecule has 0 aliphatic carbocycles. The molecule has 2 rings (SSSR count). The van der Waals surface area contributed by atoms with Crippen molar-refractivity contribution in [3.05, 3.63) is 46.3 Å². The molecule has 0 spiro atoms. The Morgan fingerprint density at radius 2 is 2.17 bits per heavy atom. The highest BCUT2D eigenvalue weighted by Crippen LogP contribution is 2.15. The molecule has 124 valence electrons. The Kier molecular flexibility index (Phi) is 7.39. The van der Waals surface area contributed by atoms with Gasteiger partial charge in [0.25, 0.3) is 0 Å². The molecular weight excluding hydrogens is 308 g/mol. The fraction of sp³-hybridized carbons (Fsp3) is 0.412. The molecule has 0 aliphatic rings. The zero-order chi connectivity index (χ0) is 16.3. The summed E-state index contributed by atoms with van der Waals surface area (Å²) in [5.41, 5.74) is 0.991. The van der Waals surface area contributed by atoms with E-state index in [0.29, 0.717) is 19.0 Å². The van der Waals surface area contributed by atoms with Crippen LogP contribution < -0.4 is 15.4 Å². The van der Waals surface area contributed by atoms with Crippen LogP contribution in [0.4, 0.5) is 0 Å². The number of hydrogen-bond acceptors (Lipinski definition) is 4. The zero-order valence-corrected chi connectivity index (χ0v) is 14.5. The van der Waals surface area contributed by atoms with Gasteiger partial charge in [0.05, 0.1) is 13.2 Å². The Hall–Kier alpha value is -2.08. The summed E-state index contributed by atoms with van der Waals surface area (Å²) in [5, 5.41) is 8.73. The third kappa shape index (κ3) is 5.90. The minimum atomic E-state index is 0.539. The Balaban J connectivity index is 1.92. The van der Waals surface area contributed by atoms with Gasteiger partial charge < -0.3 is 15.4 Å². The molecule has 2 heterocycles. The number of guanidine groups is 1. The molecule has 0 aliphatic heterocycles. The van der Waals surface area contributed by atoms with E-state index in [2.05, 4.69) is 45.0 Å². The van der Waals surface area contributed by atoms with Crippen LogP contribution in [0.3, 0.4) is 0 Å². The second-order valence-electron chi connectivity index (χ2n) is 4.85. The molecule has 0 saturated carbocycles. The van der Waals surface area contributed by atoms with E-state index in [-0.39, 0.29) is 0 Å². The van der Waals surface area contributed by atoms with E-state index in [1.54, 1.807) is 17.5 Å². The number of pyridine rings is 1. The quantitative estimate of drug-likeness (QED) is 0.576. The van der Waals surface area contributed by atoms with Crippen LogP contribution in [-0.2, 0) is 13.0 Å². The molecule has 0 unspecified atom stereocenters. The van der Waals surface area contributed by atoms with Gasteiger partial charge in [-0.25, -0.2) is 9.98 Å². The molecule has 0 bridgehead atoms. The largest absolute Gasteiger partial charge is 0.478 e. The number of thiophene rings is 1. The zero-order valence-electron chi connectivity index (χ0n) is 13.7. The van der Waals surface area contributed by atoms with Crippen LogP contribution in [0.2, 0.25) is 0 Å². The summed E-state index contributed by atoms with van der Waals surface area (Å²) in [6.45, 7) is 6.85. The van der Waals surface area contributed by atoms with Crippen LogP contribution >= 0.6 is 11.3 Å². The van der Waals surface area contributed by atoms with E-state index in [1.165, 1.54) is 4.88 Å². The van der Waals surface area contributed by atoms with Crippen molar-refractivity contribution >= 4 is 17.3 Å². The van der Waals surface area contributed by atoms with Crippen LogP contribution in [0, 0.1) is 0 Å². The van der Waals surface area contributed by atoms with Crippen LogP contribution in [0.25, 0.3) is 0 Å². The molecule has 0 amide bonds. The fourth-order valence-corrected chi connectivity index (χ4v) is 2.79. The Morgan fingerprint density at radius 1 is 1.26 bits per heavy atom. The van der Waals surface area contributed by atoms with E-state index in [9.17, 15) is 0 Å². The van der Waals surface area contributed by atoms with Crippen molar-refractivity contribution in [3.8, 4) is 5.88 Å².